The summed E-state index contributed by atoms with van der Waals surface area (Å²) in [5, 5.41) is 4.23. The number of rotatable bonds is 6. The predicted octanol–water partition coefficient (Wildman–Crippen LogP) is 3.10. The van der Waals surface area contributed by atoms with Gasteiger partial charge in [-0.05, 0) is 33.0 Å². The molecule has 3 rings (SSSR count). The monoisotopic (exact) mass is 446 g/mol. The largest absolute Gasteiger partial charge is 0.342 e. The van der Waals surface area contributed by atoms with Gasteiger partial charge in [-0.15, -0.1) is 0 Å². The van der Waals surface area contributed by atoms with Crippen LogP contribution in [0.2, 0.25) is 0 Å². The third kappa shape index (κ3) is 4.82. The highest BCUT2D eigenvalue weighted by molar-refractivity contribution is 9.10. The standard InChI is InChI=1S/C21H27BrN4O2/c1-15(2)10-20(27)26-13-17-7-5-4-6-16(17)11-19(26)21(28)24(3)8-9-25-14-18(22)12-23-25/h4-7,12,14-15,19H,8-11,13H2,1-3H3. The van der Waals surface area contributed by atoms with Crippen molar-refractivity contribution in [1.29, 1.82) is 0 Å². The topological polar surface area (TPSA) is 58.4 Å². The van der Waals surface area contributed by atoms with Crippen LogP contribution in [0.1, 0.15) is 31.4 Å². The van der Waals surface area contributed by atoms with E-state index in [0.29, 0.717) is 32.5 Å². The Morgan fingerprint density at radius 1 is 1.29 bits per heavy atom. The molecule has 0 fully saturated rings. The van der Waals surface area contributed by atoms with Crippen LogP contribution in [0.15, 0.2) is 41.1 Å². The van der Waals surface area contributed by atoms with E-state index >= 15 is 0 Å². The molecule has 1 aliphatic rings. The lowest BCUT2D eigenvalue weighted by Crippen LogP contribution is -2.53. The minimum Gasteiger partial charge on any atom is -0.342 e. The van der Waals surface area contributed by atoms with Crippen LogP contribution in [0.3, 0.4) is 0 Å². The maximum Gasteiger partial charge on any atom is 0.245 e. The molecule has 6 nitrogen and oxygen atoms in total. The Labute approximate surface area is 174 Å². The fourth-order valence-corrected chi connectivity index (χ4v) is 3.88. The molecule has 0 radical (unpaired) electrons. The van der Waals surface area contributed by atoms with Gasteiger partial charge >= 0.3 is 0 Å². The zero-order valence-electron chi connectivity index (χ0n) is 16.6. The summed E-state index contributed by atoms with van der Waals surface area (Å²) in [7, 11) is 1.80. The Morgan fingerprint density at radius 2 is 2.00 bits per heavy atom. The summed E-state index contributed by atoms with van der Waals surface area (Å²) in [5.41, 5.74) is 2.28. The van der Waals surface area contributed by atoms with Gasteiger partial charge in [0.05, 0.1) is 17.2 Å². The van der Waals surface area contributed by atoms with Gasteiger partial charge in [-0.3, -0.25) is 14.3 Å². The molecule has 2 amide bonds. The van der Waals surface area contributed by atoms with E-state index < -0.39 is 6.04 Å². The third-order valence-electron chi connectivity index (χ3n) is 5.08. The van der Waals surface area contributed by atoms with Crippen molar-refractivity contribution < 1.29 is 9.59 Å². The lowest BCUT2D eigenvalue weighted by molar-refractivity contribution is -0.146. The number of carbonyl (C=O) groups is 2. The summed E-state index contributed by atoms with van der Waals surface area (Å²) < 4.78 is 2.71. The first-order valence-electron chi connectivity index (χ1n) is 9.64. The highest BCUT2D eigenvalue weighted by atomic mass is 79.9. The number of hydrogen-bond donors (Lipinski definition) is 0. The molecule has 28 heavy (non-hydrogen) atoms. The second kappa shape index (κ2) is 8.90. The SMILES string of the molecule is CC(C)CC(=O)N1Cc2ccccc2CC1C(=O)N(C)CCn1cc(Br)cn1. The normalized spacial score (nSPS) is 16.2. The second-order valence-corrected chi connectivity index (χ2v) is 8.71. The van der Waals surface area contributed by atoms with Crippen molar-refractivity contribution in [1.82, 2.24) is 19.6 Å². The van der Waals surface area contributed by atoms with Crippen LogP contribution in [-0.2, 0) is 29.1 Å². The van der Waals surface area contributed by atoms with Crippen LogP contribution in [0, 0.1) is 5.92 Å². The van der Waals surface area contributed by atoms with Crippen molar-refractivity contribution in [2.75, 3.05) is 13.6 Å². The first kappa shape index (κ1) is 20.6. The van der Waals surface area contributed by atoms with Crippen LogP contribution in [0.4, 0.5) is 0 Å². The van der Waals surface area contributed by atoms with Gasteiger partial charge in [0.15, 0.2) is 0 Å². The van der Waals surface area contributed by atoms with E-state index in [9.17, 15) is 9.59 Å². The molecule has 0 saturated heterocycles. The highest BCUT2D eigenvalue weighted by Crippen LogP contribution is 2.25. The summed E-state index contributed by atoms with van der Waals surface area (Å²) in [5.74, 6) is 0.293. The molecule has 2 aromatic rings. The van der Waals surface area contributed by atoms with Crippen LogP contribution >= 0.6 is 15.9 Å². The molecular weight excluding hydrogens is 420 g/mol. The summed E-state index contributed by atoms with van der Waals surface area (Å²) >= 11 is 3.38. The van der Waals surface area contributed by atoms with Crippen molar-refractivity contribution in [3.63, 3.8) is 0 Å². The Balaban J connectivity index is 1.75. The molecule has 0 bridgehead atoms. The van der Waals surface area contributed by atoms with E-state index in [2.05, 4.69) is 27.1 Å². The number of hydrogen-bond acceptors (Lipinski definition) is 3. The molecule has 7 heteroatoms. The first-order chi connectivity index (χ1) is 13.3. The van der Waals surface area contributed by atoms with Crippen LogP contribution in [-0.4, -0.2) is 51.0 Å². The molecule has 1 aliphatic heterocycles. The molecule has 1 unspecified atom stereocenters. The zero-order chi connectivity index (χ0) is 20.3. The predicted molar refractivity (Wildman–Crippen MR) is 112 cm³/mol. The van der Waals surface area contributed by atoms with E-state index in [4.69, 9.17) is 0 Å². The van der Waals surface area contributed by atoms with Crippen molar-refractivity contribution in [2.45, 2.75) is 45.8 Å². The Hall–Kier alpha value is -2.15. The maximum atomic E-state index is 13.2. The summed E-state index contributed by atoms with van der Waals surface area (Å²) in [4.78, 5) is 29.6. The smallest absolute Gasteiger partial charge is 0.245 e. The molecule has 0 spiro atoms. The number of aromatic nitrogens is 2. The van der Waals surface area contributed by atoms with E-state index in [-0.39, 0.29) is 17.7 Å². The van der Waals surface area contributed by atoms with Crippen molar-refractivity contribution in [3.8, 4) is 0 Å². The molecule has 2 heterocycles. The van der Waals surface area contributed by atoms with Crippen molar-refractivity contribution >= 4 is 27.7 Å². The summed E-state index contributed by atoms with van der Waals surface area (Å²) in [6.07, 6.45) is 4.63. The summed E-state index contributed by atoms with van der Waals surface area (Å²) in [6.45, 7) is 5.70. The van der Waals surface area contributed by atoms with E-state index in [1.807, 2.05) is 38.2 Å². The van der Waals surface area contributed by atoms with Crippen molar-refractivity contribution in [3.05, 3.63) is 52.3 Å². The van der Waals surface area contributed by atoms with E-state index in [1.165, 1.54) is 0 Å². The number of amides is 2. The molecule has 0 aliphatic carbocycles. The van der Waals surface area contributed by atoms with Gasteiger partial charge in [-0.1, -0.05) is 38.1 Å². The van der Waals surface area contributed by atoms with Crippen LogP contribution < -0.4 is 0 Å². The molecule has 150 valence electrons. The van der Waals surface area contributed by atoms with Crippen molar-refractivity contribution in [2.24, 2.45) is 5.92 Å². The first-order valence-corrected chi connectivity index (χ1v) is 10.4. The maximum absolute atomic E-state index is 13.2. The van der Waals surface area contributed by atoms with Gasteiger partial charge in [0, 0.05) is 39.2 Å². The third-order valence-corrected chi connectivity index (χ3v) is 5.49. The Kier molecular flexibility index (Phi) is 6.54. The number of halogens is 1. The molecule has 0 N–H and O–H groups in total. The van der Waals surface area contributed by atoms with Gasteiger partial charge in [-0.2, -0.15) is 5.10 Å². The average molecular weight is 447 g/mol. The lowest BCUT2D eigenvalue weighted by Gasteiger charge is -2.38. The summed E-state index contributed by atoms with van der Waals surface area (Å²) in [6, 6.07) is 7.63. The fourth-order valence-electron chi connectivity index (χ4n) is 3.55. The minimum absolute atomic E-state index is 0.0159. The number of fused-ring (bicyclic) bond motifs is 1. The molecule has 1 aromatic carbocycles. The number of carbonyl (C=O) groups excluding carboxylic acids is 2. The second-order valence-electron chi connectivity index (χ2n) is 7.79. The Morgan fingerprint density at radius 3 is 2.64 bits per heavy atom. The fraction of sp³-hybridized carbons (Fsp3) is 0.476. The molecule has 0 saturated carbocycles. The minimum atomic E-state index is -0.449. The number of benzene rings is 1. The lowest BCUT2D eigenvalue weighted by atomic mass is 9.92. The van der Waals surface area contributed by atoms with E-state index in [1.54, 1.807) is 27.7 Å². The quantitative estimate of drug-likeness (QED) is 0.684. The van der Waals surface area contributed by atoms with Gasteiger partial charge in [0.2, 0.25) is 11.8 Å². The van der Waals surface area contributed by atoms with E-state index in [0.717, 1.165) is 15.6 Å². The number of likely N-dealkylation sites (N-methyl/N-ethyl adjacent to an activating group) is 1. The Bertz CT molecular complexity index is 848. The molecule has 1 atom stereocenters. The van der Waals surface area contributed by atoms with Gasteiger partial charge < -0.3 is 9.80 Å². The van der Waals surface area contributed by atoms with Gasteiger partial charge in [0.25, 0.3) is 0 Å². The highest BCUT2D eigenvalue weighted by Gasteiger charge is 2.35. The molecule has 1 aromatic heterocycles. The number of nitrogens with zero attached hydrogens (tertiary/aromatic N) is 4. The van der Waals surface area contributed by atoms with Gasteiger partial charge in [-0.25, -0.2) is 0 Å². The van der Waals surface area contributed by atoms with Gasteiger partial charge in [0.1, 0.15) is 6.04 Å². The van der Waals surface area contributed by atoms with Crippen LogP contribution in [0.5, 0.6) is 0 Å². The van der Waals surface area contributed by atoms with Crippen LogP contribution in [0.25, 0.3) is 0 Å². The molecular formula is C21H27BrN4O2. The average Bonchev–Trinajstić information content (AvgIpc) is 3.09. The zero-order valence-corrected chi connectivity index (χ0v) is 18.2.